The first-order valence-corrected chi connectivity index (χ1v) is 9.58. The van der Waals surface area contributed by atoms with Gasteiger partial charge in [0.1, 0.15) is 23.6 Å². The topological polar surface area (TPSA) is 127 Å². The van der Waals surface area contributed by atoms with Crippen LogP contribution in [0.25, 0.3) is 0 Å². The molecule has 1 amide bonds. The molecule has 0 fully saturated rings. The van der Waals surface area contributed by atoms with E-state index in [1.807, 2.05) is 26.0 Å². The Morgan fingerprint density at radius 2 is 1.97 bits per heavy atom. The van der Waals surface area contributed by atoms with E-state index in [2.05, 4.69) is 5.32 Å². The van der Waals surface area contributed by atoms with Crippen LogP contribution in [0.2, 0.25) is 0 Å². The molecule has 0 radical (unpaired) electrons. The molecular weight excluding hydrogens is 392 g/mol. The second kappa shape index (κ2) is 9.00. The van der Waals surface area contributed by atoms with Crippen molar-refractivity contribution in [2.45, 2.75) is 39.5 Å². The van der Waals surface area contributed by atoms with E-state index in [0.29, 0.717) is 30.0 Å². The Morgan fingerprint density at radius 1 is 1.27 bits per heavy atom. The fourth-order valence-corrected chi connectivity index (χ4v) is 3.33. The number of pyridine rings is 1. The van der Waals surface area contributed by atoms with E-state index in [1.54, 1.807) is 12.1 Å². The molecule has 0 saturated carbocycles. The second-order valence-electron chi connectivity index (χ2n) is 7.23. The minimum atomic E-state index is -1.26. The van der Waals surface area contributed by atoms with Crippen molar-refractivity contribution in [1.29, 1.82) is 0 Å². The minimum absolute atomic E-state index is 0.0365. The largest absolute Gasteiger partial charge is 0.506 e. The molecule has 3 rings (SSSR count). The van der Waals surface area contributed by atoms with Gasteiger partial charge < -0.3 is 29.6 Å². The number of rotatable bonds is 7. The van der Waals surface area contributed by atoms with Gasteiger partial charge in [0.2, 0.25) is 0 Å². The van der Waals surface area contributed by atoms with Gasteiger partial charge in [-0.2, -0.15) is 0 Å². The van der Waals surface area contributed by atoms with Crippen LogP contribution in [0.3, 0.4) is 0 Å². The standard InChI is InChI=1S/C21H24N2O7/c1-12(2)30-14-5-3-13(4-6-14)10-23-16-7-8-29-11-15(16)19(26)18(21(23)28)20(27)22-9-17(24)25/h3-6,12,26H,7-11H2,1-2H3,(H,22,27)(H,24,25). The fraction of sp³-hybridized carbons (Fsp3) is 0.381. The smallest absolute Gasteiger partial charge is 0.322 e. The third-order valence-corrected chi connectivity index (χ3v) is 4.65. The molecule has 160 valence electrons. The van der Waals surface area contributed by atoms with Crippen molar-refractivity contribution in [2.24, 2.45) is 0 Å². The summed E-state index contributed by atoms with van der Waals surface area (Å²) in [5.41, 5.74) is 0.602. The maximum atomic E-state index is 13.1. The van der Waals surface area contributed by atoms with E-state index >= 15 is 0 Å². The zero-order valence-corrected chi connectivity index (χ0v) is 16.8. The van der Waals surface area contributed by atoms with Crippen LogP contribution in [0.4, 0.5) is 0 Å². The Labute approximate surface area is 172 Å². The summed E-state index contributed by atoms with van der Waals surface area (Å²) in [6.07, 6.45) is 0.443. The van der Waals surface area contributed by atoms with Crippen LogP contribution in [0.5, 0.6) is 11.5 Å². The number of amides is 1. The highest BCUT2D eigenvalue weighted by Gasteiger charge is 2.27. The van der Waals surface area contributed by atoms with Crippen LogP contribution in [0.15, 0.2) is 29.1 Å². The summed E-state index contributed by atoms with van der Waals surface area (Å²) in [6.45, 7) is 3.81. The average molecular weight is 416 g/mol. The summed E-state index contributed by atoms with van der Waals surface area (Å²) >= 11 is 0. The third-order valence-electron chi connectivity index (χ3n) is 4.65. The van der Waals surface area contributed by atoms with Gasteiger partial charge in [-0.1, -0.05) is 12.1 Å². The first-order valence-electron chi connectivity index (χ1n) is 9.58. The van der Waals surface area contributed by atoms with Gasteiger partial charge in [-0.3, -0.25) is 14.4 Å². The molecule has 0 aliphatic carbocycles. The molecule has 30 heavy (non-hydrogen) atoms. The zero-order chi connectivity index (χ0) is 21.8. The van der Waals surface area contributed by atoms with E-state index < -0.39 is 35.3 Å². The van der Waals surface area contributed by atoms with Gasteiger partial charge in [0.15, 0.2) is 0 Å². The van der Waals surface area contributed by atoms with Crippen molar-refractivity contribution >= 4 is 11.9 Å². The normalized spacial score (nSPS) is 13.0. The number of carboxylic acids is 1. The number of aliphatic carboxylic acids is 1. The van der Waals surface area contributed by atoms with Gasteiger partial charge in [0, 0.05) is 17.7 Å². The Morgan fingerprint density at radius 3 is 2.60 bits per heavy atom. The third kappa shape index (κ3) is 4.62. The molecule has 0 unspecified atom stereocenters. The first-order chi connectivity index (χ1) is 14.3. The number of ether oxygens (including phenoxy) is 2. The lowest BCUT2D eigenvalue weighted by Gasteiger charge is -2.24. The molecule has 0 spiro atoms. The van der Waals surface area contributed by atoms with Gasteiger partial charge >= 0.3 is 5.97 Å². The van der Waals surface area contributed by atoms with Crippen molar-refractivity contribution in [3.63, 3.8) is 0 Å². The Hall–Kier alpha value is -3.33. The summed E-state index contributed by atoms with van der Waals surface area (Å²) < 4.78 is 12.5. The number of nitrogens with one attached hydrogen (secondary N) is 1. The van der Waals surface area contributed by atoms with Crippen molar-refractivity contribution in [3.8, 4) is 11.5 Å². The number of carboxylic acid groups (broad SMARTS) is 1. The van der Waals surface area contributed by atoms with Crippen LogP contribution in [-0.2, 0) is 29.1 Å². The van der Waals surface area contributed by atoms with Crippen molar-refractivity contribution in [3.05, 3.63) is 57.0 Å². The van der Waals surface area contributed by atoms with Crippen LogP contribution in [0, 0.1) is 0 Å². The van der Waals surface area contributed by atoms with Gasteiger partial charge in [-0.05, 0) is 31.5 Å². The van der Waals surface area contributed by atoms with E-state index in [4.69, 9.17) is 14.6 Å². The molecule has 9 heteroatoms. The molecule has 0 bridgehead atoms. The molecule has 2 aromatic rings. The molecule has 1 aliphatic rings. The number of aromatic hydroxyl groups is 1. The van der Waals surface area contributed by atoms with Crippen LogP contribution in [-0.4, -0.2) is 45.9 Å². The van der Waals surface area contributed by atoms with E-state index in [9.17, 15) is 19.5 Å². The van der Waals surface area contributed by atoms with Crippen LogP contribution < -0.4 is 15.6 Å². The number of carbonyl (C=O) groups is 2. The van der Waals surface area contributed by atoms with Crippen molar-refractivity contribution < 1.29 is 29.3 Å². The van der Waals surface area contributed by atoms with E-state index in [1.165, 1.54) is 4.57 Å². The summed E-state index contributed by atoms with van der Waals surface area (Å²) in [5.74, 6) is -1.96. The number of nitrogens with zero attached hydrogens (tertiary/aromatic N) is 1. The Balaban J connectivity index is 2.00. The van der Waals surface area contributed by atoms with Gasteiger partial charge in [-0.15, -0.1) is 0 Å². The number of hydrogen-bond acceptors (Lipinski definition) is 6. The highest BCUT2D eigenvalue weighted by Crippen LogP contribution is 2.28. The monoisotopic (exact) mass is 416 g/mol. The van der Waals surface area contributed by atoms with Crippen molar-refractivity contribution in [2.75, 3.05) is 13.2 Å². The molecule has 0 atom stereocenters. The molecule has 1 aromatic heterocycles. The quantitative estimate of drug-likeness (QED) is 0.620. The molecule has 2 heterocycles. The SMILES string of the molecule is CC(C)Oc1ccc(Cn2c3c(c(O)c(C(=O)NCC(=O)O)c2=O)COCC3)cc1. The number of fused-ring (bicyclic) bond motifs is 1. The molecule has 1 aromatic carbocycles. The fourth-order valence-electron chi connectivity index (χ4n) is 3.33. The van der Waals surface area contributed by atoms with Gasteiger partial charge in [0.05, 0.1) is 25.9 Å². The Kier molecular flexibility index (Phi) is 6.41. The molecule has 1 aliphatic heterocycles. The van der Waals surface area contributed by atoms with Crippen LogP contribution >= 0.6 is 0 Å². The maximum absolute atomic E-state index is 13.1. The lowest BCUT2D eigenvalue weighted by Crippen LogP contribution is -2.38. The average Bonchev–Trinajstić information content (AvgIpc) is 2.70. The molecule has 3 N–H and O–H groups in total. The first kappa shape index (κ1) is 21.4. The maximum Gasteiger partial charge on any atom is 0.322 e. The van der Waals surface area contributed by atoms with Gasteiger partial charge in [0.25, 0.3) is 11.5 Å². The summed E-state index contributed by atoms with van der Waals surface area (Å²) in [6, 6.07) is 7.26. The van der Waals surface area contributed by atoms with E-state index in [0.717, 1.165) is 5.56 Å². The lowest BCUT2D eigenvalue weighted by atomic mass is 10.0. The van der Waals surface area contributed by atoms with Gasteiger partial charge in [-0.25, -0.2) is 0 Å². The number of carbonyl (C=O) groups excluding carboxylic acids is 1. The summed E-state index contributed by atoms with van der Waals surface area (Å²) in [5, 5.41) is 21.5. The second-order valence-corrected chi connectivity index (χ2v) is 7.23. The highest BCUT2D eigenvalue weighted by atomic mass is 16.5. The number of aromatic nitrogens is 1. The highest BCUT2D eigenvalue weighted by molar-refractivity contribution is 5.98. The van der Waals surface area contributed by atoms with E-state index in [-0.39, 0.29) is 19.3 Å². The van der Waals surface area contributed by atoms with Crippen molar-refractivity contribution in [1.82, 2.24) is 9.88 Å². The Bertz CT molecular complexity index is 1010. The number of hydrogen-bond donors (Lipinski definition) is 3. The number of benzene rings is 1. The van der Waals surface area contributed by atoms with Crippen LogP contribution in [0.1, 0.15) is 41.0 Å². The minimum Gasteiger partial charge on any atom is -0.506 e. The summed E-state index contributed by atoms with van der Waals surface area (Å²) in [4.78, 5) is 36.3. The molecular formula is C21H24N2O7. The predicted molar refractivity (Wildman–Crippen MR) is 107 cm³/mol. The lowest BCUT2D eigenvalue weighted by molar-refractivity contribution is -0.135. The molecule has 9 nitrogen and oxygen atoms in total. The summed E-state index contributed by atoms with van der Waals surface area (Å²) in [7, 11) is 0. The molecule has 0 saturated heterocycles. The zero-order valence-electron chi connectivity index (χ0n) is 16.8. The predicted octanol–water partition coefficient (Wildman–Crippen LogP) is 1.28.